The molecule has 0 N–H and O–H groups in total. The van der Waals surface area contributed by atoms with Crippen LogP contribution in [0.4, 0.5) is 0 Å². The van der Waals surface area contributed by atoms with Crippen LogP contribution in [0, 0.1) is 6.92 Å². The maximum absolute atomic E-state index is 11.8. The zero-order chi connectivity index (χ0) is 13.2. The lowest BCUT2D eigenvalue weighted by Crippen LogP contribution is -2.03. The molecule has 3 nitrogen and oxygen atoms in total. The van der Waals surface area contributed by atoms with Crippen molar-refractivity contribution in [1.82, 2.24) is 0 Å². The predicted molar refractivity (Wildman–Crippen MR) is 76.1 cm³/mol. The van der Waals surface area contributed by atoms with Crippen molar-refractivity contribution in [3.05, 3.63) is 63.5 Å². The van der Waals surface area contributed by atoms with Gasteiger partial charge in [0.2, 0.25) is 5.90 Å². The Hall–Kier alpha value is -2.20. The third-order valence-corrected chi connectivity index (χ3v) is 3.56. The molecule has 0 fully saturated rings. The lowest BCUT2D eigenvalue weighted by Gasteiger charge is -1.95. The maximum Gasteiger partial charge on any atom is 0.363 e. The van der Waals surface area contributed by atoms with Crippen LogP contribution in [-0.2, 0) is 9.53 Å². The lowest BCUT2D eigenvalue weighted by molar-refractivity contribution is -0.129. The van der Waals surface area contributed by atoms with Gasteiger partial charge in [0.15, 0.2) is 5.70 Å². The largest absolute Gasteiger partial charge is 0.401 e. The Kier molecular flexibility index (Phi) is 3.01. The van der Waals surface area contributed by atoms with E-state index in [0.29, 0.717) is 11.6 Å². The second-order valence-electron chi connectivity index (χ2n) is 4.23. The average Bonchev–Trinajstić information content (AvgIpc) is 3.00. The van der Waals surface area contributed by atoms with Crippen LogP contribution in [0.1, 0.15) is 16.0 Å². The van der Waals surface area contributed by atoms with Gasteiger partial charge in [0, 0.05) is 0 Å². The van der Waals surface area contributed by atoms with Gasteiger partial charge >= 0.3 is 5.97 Å². The van der Waals surface area contributed by atoms with E-state index in [2.05, 4.69) is 4.99 Å². The molecule has 94 valence electrons. The molecule has 0 spiro atoms. The van der Waals surface area contributed by atoms with Gasteiger partial charge in [0.1, 0.15) is 0 Å². The molecular formula is C15H11NO2S. The summed E-state index contributed by atoms with van der Waals surface area (Å²) in [6.45, 7) is 2.01. The number of carbonyl (C=O) groups excluding carboxylic acids is 1. The molecule has 1 aliphatic rings. The summed E-state index contributed by atoms with van der Waals surface area (Å²) in [6.07, 6.45) is 1.75. The number of cyclic esters (lactones) is 1. The first-order valence-electron chi connectivity index (χ1n) is 5.85. The summed E-state index contributed by atoms with van der Waals surface area (Å²) < 4.78 is 5.17. The minimum atomic E-state index is -0.398. The number of esters is 1. The minimum Gasteiger partial charge on any atom is -0.401 e. The van der Waals surface area contributed by atoms with E-state index in [0.717, 1.165) is 16.0 Å². The Morgan fingerprint density at radius 3 is 2.89 bits per heavy atom. The molecule has 0 amide bonds. The Bertz CT molecular complexity index is 684. The van der Waals surface area contributed by atoms with E-state index in [-0.39, 0.29) is 0 Å². The Morgan fingerprint density at radius 2 is 2.16 bits per heavy atom. The summed E-state index contributed by atoms with van der Waals surface area (Å²) in [5, 5.41) is 1.92. The number of aliphatic imine (C=N–C) groups is 1. The molecule has 0 saturated carbocycles. The van der Waals surface area contributed by atoms with Crippen molar-refractivity contribution in [2.24, 2.45) is 4.99 Å². The summed E-state index contributed by atoms with van der Waals surface area (Å²) in [5.41, 5.74) is 2.43. The van der Waals surface area contributed by atoms with Crippen LogP contribution in [0.2, 0.25) is 0 Å². The van der Waals surface area contributed by atoms with Crippen molar-refractivity contribution >= 4 is 29.3 Å². The molecule has 4 heteroatoms. The topological polar surface area (TPSA) is 38.7 Å². The first-order chi connectivity index (χ1) is 9.22. The number of benzene rings is 1. The van der Waals surface area contributed by atoms with E-state index in [1.54, 1.807) is 6.08 Å². The van der Waals surface area contributed by atoms with Crippen LogP contribution in [0.5, 0.6) is 0 Å². The lowest BCUT2D eigenvalue weighted by atomic mass is 10.1. The second kappa shape index (κ2) is 4.82. The summed E-state index contributed by atoms with van der Waals surface area (Å²) in [6, 6.07) is 11.7. The maximum atomic E-state index is 11.8. The summed E-state index contributed by atoms with van der Waals surface area (Å²) in [7, 11) is 0. The Balaban J connectivity index is 1.95. The number of aryl methyl sites for hydroxylation is 1. The fourth-order valence-electron chi connectivity index (χ4n) is 1.83. The van der Waals surface area contributed by atoms with Crippen molar-refractivity contribution in [3.8, 4) is 0 Å². The van der Waals surface area contributed by atoms with Gasteiger partial charge in [-0.05, 0) is 30.0 Å². The van der Waals surface area contributed by atoms with Crippen molar-refractivity contribution in [1.29, 1.82) is 0 Å². The van der Waals surface area contributed by atoms with Crippen molar-refractivity contribution in [2.75, 3.05) is 0 Å². The quantitative estimate of drug-likeness (QED) is 0.619. The molecule has 2 aromatic rings. The molecule has 0 saturated heterocycles. The van der Waals surface area contributed by atoms with Crippen LogP contribution >= 0.6 is 11.3 Å². The van der Waals surface area contributed by atoms with Gasteiger partial charge in [-0.15, -0.1) is 11.3 Å². The van der Waals surface area contributed by atoms with Gasteiger partial charge in [-0.25, -0.2) is 9.79 Å². The summed E-state index contributed by atoms with van der Waals surface area (Å²) in [5.74, 6) is -0.0104. The number of rotatable bonds is 2. The highest BCUT2D eigenvalue weighted by atomic mass is 32.1. The number of ether oxygens (including phenoxy) is 1. The third-order valence-electron chi connectivity index (χ3n) is 2.70. The van der Waals surface area contributed by atoms with E-state index >= 15 is 0 Å². The van der Waals surface area contributed by atoms with Gasteiger partial charge in [-0.2, -0.15) is 0 Å². The second-order valence-corrected chi connectivity index (χ2v) is 5.18. The minimum absolute atomic E-state index is 0.342. The fourth-order valence-corrected chi connectivity index (χ4v) is 2.48. The SMILES string of the molecule is Cc1cccc(/C=C2\N=C(c3cccs3)OC2=O)c1. The van der Waals surface area contributed by atoms with Gasteiger partial charge in [-0.1, -0.05) is 35.9 Å². The monoisotopic (exact) mass is 269 g/mol. The molecule has 2 heterocycles. The van der Waals surface area contributed by atoms with E-state index in [4.69, 9.17) is 4.74 Å². The average molecular weight is 269 g/mol. The van der Waals surface area contributed by atoms with Crippen LogP contribution in [0.3, 0.4) is 0 Å². The number of hydrogen-bond acceptors (Lipinski definition) is 4. The molecule has 1 aromatic heterocycles. The normalized spacial score (nSPS) is 16.6. The van der Waals surface area contributed by atoms with Crippen LogP contribution in [-0.4, -0.2) is 11.9 Å². The molecule has 0 unspecified atom stereocenters. The van der Waals surface area contributed by atoms with Crippen molar-refractivity contribution < 1.29 is 9.53 Å². The first kappa shape index (κ1) is 11.9. The van der Waals surface area contributed by atoms with Gasteiger partial charge < -0.3 is 4.74 Å². The van der Waals surface area contributed by atoms with Crippen LogP contribution < -0.4 is 0 Å². The molecule has 1 aromatic carbocycles. The van der Waals surface area contributed by atoms with Gasteiger partial charge in [0.05, 0.1) is 4.88 Å². The first-order valence-corrected chi connectivity index (χ1v) is 6.73. The molecule has 0 aliphatic carbocycles. The third kappa shape index (κ3) is 2.48. The summed E-state index contributed by atoms with van der Waals surface area (Å²) in [4.78, 5) is 16.9. The number of hydrogen-bond donors (Lipinski definition) is 0. The molecule has 0 atom stereocenters. The van der Waals surface area contributed by atoms with Crippen LogP contribution in [0.25, 0.3) is 6.08 Å². The number of nitrogens with zero attached hydrogens (tertiary/aromatic N) is 1. The van der Waals surface area contributed by atoms with Gasteiger partial charge in [-0.3, -0.25) is 0 Å². The highest BCUT2D eigenvalue weighted by Gasteiger charge is 2.24. The standard InChI is InChI=1S/C15H11NO2S/c1-10-4-2-5-11(8-10)9-12-15(17)18-14(16-12)13-6-3-7-19-13/h2-9H,1H3/b12-9-. The number of thiophene rings is 1. The van der Waals surface area contributed by atoms with E-state index in [9.17, 15) is 4.79 Å². The molecule has 3 rings (SSSR count). The molecule has 0 bridgehead atoms. The van der Waals surface area contributed by atoms with E-state index < -0.39 is 5.97 Å². The van der Waals surface area contributed by atoms with Crippen molar-refractivity contribution in [3.63, 3.8) is 0 Å². The molecule has 0 radical (unpaired) electrons. The van der Waals surface area contributed by atoms with Gasteiger partial charge in [0.25, 0.3) is 0 Å². The molecular weight excluding hydrogens is 258 g/mol. The van der Waals surface area contributed by atoms with Crippen LogP contribution in [0.15, 0.2) is 52.5 Å². The highest BCUT2D eigenvalue weighted by Crippen LogP contribution is 2.21. The fraction of sp³-hybridized carbons (Fsp3) is 0.0667. The zero-order valence-corrected chi connectivity index (χ0v) is 11.1. The zero-order valence-electron chi connectivity index (χ0n) is 10.3. The number of carbonyl (C=O) groups is 1. The summed E-state index contributed by atoms with van der Waals surface area (Å²) >= 11 is 1.50. The smallest absolute Gasteiger partial charge is 0.363 e. The Labute approximate surface area is 114 Å². The van der Waals surface area contributed by atoms with E-state index in [1.807, 2.05) is 48.7 Å². The predicted octanol–water partition coefficient (Wildman–Crippen LogP) is 3.40. The Morgan fingerprint density at radius 1 is 1.26 bits per heavy atom. The molecule has 1 aliphatic heterocycles. The highest BCUT2D eigenvalue weighted by molar-refractivity contribution is 7.12. The van der Waals surface area contributed by atoms with Crippen molar-refractivity contribution in [2.45, 2.75) is 6.92 Å². The molecule has 19 heavy (non-hydrogen) atoms. The van der Waals surface area contributed by atoms with E-state index in [1.165, 1.54) is 11.3 Å².